The molecule has 0 spiro atoms. The smallest absolute Gasteiger partial charge is 0.0425 e. The van der Waals surface area contributed by atoms with Crippen molar-refractivity contribution in [3.05, 3.63) is 24.6 Å². The van der Waals surface area contributed by atoms with Gasteiger partial charge in [0.15, 0.2) is 0 Å². The summed E-state index contributed by atoms with van der Waals surface area (Å²) in [4.78, 5) is 3.95. The summed E-state index contributed by atoms with van der Waals surface area (Å²) in [6, 6.07) is 0. The first-order valence-electron chi connectivity index (χ1n) is 2.75. The summed E-state index contributed by atoms with van der Waals surface area (Å²) in [6.45, 7) is 7.50. The Morgan fingerprint density at radius 3 is 2.44 bits per heavy atom. The first kappa shape index (κ1) is 7.95. The third-order valence-corrected chi connectivity index (χ3v) is 0.972. The Kier molecular flexibility index (Phi) is 3.44. The maximum Gasteiger partial charge on any atom is 0.0425 e. The molecule has 2 heteroatoms. The Balaban J connectivity index is 4.00. The van der Waals surface area contributed by atoms with Gasteiger partial charge >= 0.3 is 0 Å². The lowest BCUT2D eigenvalue weighted by Gasteiger charge is -1.91. The van der Waals surface area contributed by atoms with Gasteiger partial charge in [0.25, 0.3) is 0 Å². The third-order valence-electron chi connectivity index (χ3n) is 0.972. The summed E-state index contributed by atoms with van der Waals surface area (Å²) in [7, 11) is 0. The molecule has 50 valence electrons. The first-order chi connectivity index (χ1) is 4.18. The number of rotatable bonds is 2. The van der Waals surface area contributed by atoms with E-state index >= 15 is 0 Å². The average Bonchev–Trinajstić information content (AvgIpc) is 1.82. The Morgan fingerprint density at radius 1 is 1.56 bits per heavy atom. The number of hydrogen-bond acceptors (Lipinski definition) is 2. The fraction of sp³-hybridized carbons (Fsp3) is 0.286. The topological polar surface area (TPSA) is 38.4 Å². The average molecular weight is 124 g/mol. The molecule has 0 aliphatic heterocycles. The molecular formula is C7H12N2. The van der Waals surface area contributed by atoms with Crippen LogP contribution in [-0.4, -0.2) is 5.71 Å². The monoisotopic (exact) mass is 124 g/mol. The zero-order valence-electron chi connectivity index (χ0n) is 5.89. The van der Waals surface area contributed by atoms with Crippen LogP contribution in [0, 0.1) is 0 Å². The maximum atomic E-state index is 5.06. The fourth-order valence-electron chi connectivity index (χ4n) is 0.265. The zero-order chi connectivity index (χ0) is 7.28. The molecule has 0 aliphatic carbocycles. The number of hydrogen-bond donors (Lipinski definition) is 1. The highest BCUT2D eigenvalue weighted by Gasteiger charge is 1.85. The largest absolute Gasteiger partial charge is 0.403 e. The Hall–Kier alpha value is -1.05. The minimum absolute atomic E-state index is 0.914. The van der Waals surface area contributed by atoms with Crippen molar-refractivity contribution in [2.45, 2.75) is 13.8 Å². The van der Waals surface area contributed by atoms with E-state index in [0.29, 0.717) is 0 Å². The lowest BCUT2D eigenvalue weighted by atomic mass is 10.2. The fourth-order valence-corrected chi connectivity index (χ4v) is 0.265. The van der Waals surface area contributed by atoms with Crippen LogP contribution in [0.15, 0.2) is 29.5 Å². The predicted octanol–water partition coefficient (Wildman–Crippen LogP) is 1.45. The summed E-state index contributed by atoms with van der Waals surface area (Å²) in [5.74, 6) is 0. The molecule has 0 aromatic carbocycles. The van der Waals surface area contributed by atoms with E-state index in [2.05, 4.69) is 11.6 Å². The molecule has 2 N–H and O–H groups in total. The van der Waals surface area contributed by atoms with E-state index in [1.54, 1.807) is 6.20 Å². The summed E-state index contributed by atoms with van der Waals surface area (Å²) < 4.78 is 0. The van der Waals surface area contributed by atoms with Crippen LogP contribution in [-0.2, 0) is 0 Å². The lowest BCUT2D eigenvalue weighted by molar-refractivity contribution is 1.44. The summed E-state index contributed by atoms with van der Waals surface area (Å²) >= 11 is 0. The summed E-state index contributed by atoms with van der Waals surface area (Å²) in [5, 5.41) is 0. The molecule has 0 unspecified atom stereocenters. The van der Waals surface area contributed by atoms with Gasteiger partial charge in [0.1, 0.15) is 0 Å². The molecule has 0 aromatic rings. The first-order valence-corrected chi connectivity index (χ1v) is 2.75. The number of aliphatic imine (C=N–C) groups is 1. The van der Waals surface area contributed by atoms with Crippen LogP contribution in [0.2, 0.25) is 0 Å². The standard InChI is InChI=1S/C7H12N2/c1-6(2)7(3)9-5-4-8/h4-5H,1,8H2,2-3H3/b5-4-,9-7-. The normalized spacial score (nSPS) is 12.4. The third kappa shape index (κ3) is 3.53. The van der Waals surface area contributed by atoms with E-state index in [0.717, 1.165) is 11.3 Å². The Bertz CT molecular complexity index is 154. The Labute approximate surface area is 55.8 Å². The summed E-state index contributed by atoms with van der Waals surface area (Å²) in [5.41, 5.74) is 6.94. The molecule has 0 aliphatic rings. The Morgan fingerprint density at radius 2 is 2.11 bits per heavy atom. The second-order valence-corrected chi connectivity index (χ2v) is 1.84. The van der Waals surface area contributed by atoms with Gasteiger partial charge in [0.05, 0.1) is 0 Å². The van der Waals surface area contributed by atoms with Crippen molar-refractivity contribution in [3.8, 4) is 0 Å². The molecule has 0 saturated carbocycles. The van der Waals surface area contributed by atoms with Crippen molar-refractivity contribution in [1.29, 1.82) is 0 Å². The van der Waals surface area contributed by atoms with Crippen molar-refractivity contribution >= 4 is 5.71 Å². The highest BCUT2D eigenvalue weighted by molar-refractivity contribution is 5.97. The van der Waals surface area contributed by atoms with Crippen LogP contribution in [0.25, 0.3) is 0 Å². The second kappa shape index (κ2) is 3.89. The minimum atomic E-state index is 0.914. The molecule has 0 radical (unpaired) electrons. The summed E-state index contributed by atoms with van der Waals surface area (Å²) in [6.07, 6.45) is 2.94. The molecule has 0 saturated heterocycles. The van der Waals surface area contributed by atoms with E-state index < -0.39 is 0 Å². The molecule has 9 heavy (non-hydrogen) atoms. The van der Waals surface area contributed by atoms with Gasteiger partial charge in [0, 0.05) is 18.1 Å². The van der Waals surface area contributed by atoms with Gasteiger partial charge in [-0.2, -0.15) is 0 Å². The van der Waals surface area contributed by atoms with Crippen LogP contribution in [0.3, 0.4) is 0 Å². The van der Waals surface area contributed by atoms with Gasteiger partial charge in [0.2, 0.25) is 0 Å². The molecule has 0 heterocycles. The van der Waals surface area contributed by atoms with Crippen LogP contribution >= 0.6 is 0 Å². The van der Waals surface area contributed by atoms with Crippen molar-refractivity contribution in [2.75, 3.05) is 0 Å². The lowest BCUT2D eigenvalue weighted by Crippen LogP contribution is -1.89. The molecule has 0 amide bonds. The van der Waals surface area contributed by atoms with Crippen molar-refractivity contribution in [3.63, 3.8) is 0 Å². The second-order valence-electron chi connectivity index (χ2n) is 1.84. The highest BCUT2D eigenvalue weighted by Crippen LogP contribution is 1.91. The van der Waals surface area contributed by atoms with Crippen molar-refractivity contribution in [1.82, 2.24) is 0 Å². The van der Waals surface area contributed by atoms with E-state index in [1.165, 1.54) is 6.20 Å². The molecule has 0 aromatic heterocycles. The van der Waals surface area contributed by atoms with E-state index in [4.69, 9.17) is 5.73 Å². The van der Waals surface area contributed by atoms with E-state index in [9.17, 15) is 0 Å². The van der Waals surface area contributed by atoms with Crippen molar-refractivity contribution in [2.24, 2.45) is 10.7 Å². The van der Waals surface area contributed by atoms with Gasteiger partial charge < -0.3 is 5.73 Å². The van der Waals surface area contributed by atoms with Gasteiger partial charge in [-0.05, 0) is 19.4 Å². The number of nitrogens with two attached hydrogens (primary N) is 1. The molecule has 2 nitrogen and oxygen atoms in total. The number of allylic oxidation sites excluding steroid dienone is 1. The van der Waals surface area contributed by atoms with E-state index in [1.807, 2.05) is 13.8 Å². The molecular weight excluding hydrogens is 112 g/mol. The predicted molar refractivity (Wildman–Crippen MR) is 41.3 cm³/mol. The van der Waals surface area contributed by atoms with Gasteiger partial charge in [-0.3, -0.25) is 4.99 Å². The molecule has 0 atom stereocenters. The minimum Gasteiger partial charge on any atom is -0.403 e. The molecule has 0 fully saturated rings. The molecule has 0 bridgehead atoms. The van der Waals surface area contributed by atoms with E-state index in [-0.39, 0.29) is 0 Å². The van der Waals surface area contributed by atoms with Crippen molar-refractivity contribution < 1.29 is 0 Å². The van der Waals surface area contributed by atoms with Crippen LogP contribution in [0.1, 0.15) is 13.8 Å². The number of nitrogens with zero attached hydrogens (tertiary/aromatic N) is 1. The highest BCUT2D eigenvalue weighted by atomic mass is 14.7. The quantitative estimate of drug-likeness (QED) is 0.556. The van der Waals surface area contributed by atoms with Gasteiger partial charge in [-0.1, -0.05) is 6.58 Å². The van der Waals surface area contributed by atoms with Crippen LogP contribution in [0.5, 0.6) is 0 Å². The molecule has 0 rings (SSSR count). The van der Waals surface area contributed by atoms with Gasteiger partial charge in [-0.25, -0.2) is 0 Å². The van der Waals surface area contributed by atoms with Gasteiger partial charge in [-0.15, -0.1) is 0 Å². The van der Waals surface area contributed by atoms with Crippen LogP contribution in [0.4, 0.5) is 0 Å². The van der Waals surface area contributed by atoms with Crippen LogP contribution < -0.4 is 5.73 Å². The zero-order valence-corrected chi connectivity index (χ0v) is 5.89. The SMILES string of the molecule is C=C(C)/C(C)=N\C=C/N. The maximum absolute atomic E-state index is 5.06.